The molecule has 0 atom stereocenters. The van der Waals surface area contributed by atoms with Gasteiger partial charge in [-0.2, -0.15) is 0 Å². The van der Waals surface area contributed by atoms with E-state index in [4.69, 9.17) is 10.5 Å². The van der Waals surface area contributed by atoms with Gasteiger partial charge in [-0.3, -0.25) is 0 Å². The van der Waals surface area contributed by atoms with Gasteiger partial charge in [-0.15, -0.1) is 0 Å². The first-order chi connectivity index (χ1) is 7.16. The first kappa shape index (κ1) is 11.9. The highest BCUT2D eigenvalue weighted by atomic mass is 16.5. The predicted octanol–water partition coefficient (Wildman–Crippen LogP) is 2.13. The van der Waals surface area contributed by atoms with Crippen molar-refractivity contribution < 1.29 is 4.74 Å². The summed E-state index contributed by atoms with van der Waals surface area (Å²) >= 11 is 0. The molecule has 1 aromatic carbocycles. The maximum atomic E-state index is 5.95. The zero-order chi connectivity index (χ0) is 11.3. The van der Waals surface area contributed by atoms with E-state index in [1.54, 1.807) is 7.11 Å². The lowest BCUT2D eigenvalue weighted by atomic mass is 10.2. The summed E-state index contributed by atoms with van der Waals surface area (Å²) in [4.78, 5) is 2.25. The van der Waals surface area contributed by atoms with E-state index in [0.29, 0.717) is 12.6 Å². The van der Waals surface area contributed by atoms with Crippen LogP contribution in [0.3, 0.4) is 0 Å². The van der Waals surface area contributed by atoms with E-state index in [0.717, 1.165) is 17.9 Å². The molecule has 0 aliphatic carbocycles. The van der Waals surface area contributed by atoms with Crippen LogP contribution in [-0.2, 0) is 4.74 Å². The fourth-order valence-electron chi connectivity index (χ4n) is 1.60. The highest BCUT2D eigenvalue weighted by Crippen LogP contribution is 2.23. The van der Waals surface area contributed by atoms with Crippen molar-refractivity contribution in [2.45, 2.75) is 19.9 Å². The largest absolute Gasteiger partial charge is 0.397 e. The van der Waals surface area contributed by atoms with Crippen molar-refractivity contribution in [3.8, 4) is 0 Å². The Morgan fingerprint density at radius 2 is 2.00 bits per heavy atom. The van der Waals surface area contributed by atoms with Gasteiger partial charge in [0, 0.05) is 19.7 Å². The zero-order valence-corrected chi connectivity index (χ0v) is 9.73. The van der Waals surface area contributed by atoms with Crippen LogP contribution in [0.5, 0.6) is 0 Å². The summed E-state index contributed by atoms with van der Waals surface area (Å²) in [6.07, 6.45) is 0. The molecule has 0 aliphatic heterocycles. The number of ether oxygens (including phenoxy) is 1. The van der Waals surface area contributed by atoms with E-state index in [1.807, 2.05) is 24.3 Å². The highest BCUT2D eigenvalue weighted by Gasteiger charge is 2.11. The Morgan fingerprint density at radius 3 is 2.53 bits per heavy atom. The minimum absolute atomic E-state index is 0.421. The molecule has 0 saturated carbocycles. The number of nitrogens with zero attached hydrogens (tertiary/aromatic N) is 1. The smallest absolute Gasteiger partial charge is 0.0637 e. The maximum Gasteiger partial charge on any atom is 0.0637 e. The Morgan fingerprint density at radius 1 is 1.33 bits per heavy atom. The molecule has 15 heavy (non-hydrogen) atoms. The van der Waals surface area contributed by atoms with Crippen molar-refractivity contribution in [1.82, 2.24) is 0 Å². The normalized spacial score (nSPS) is 10.7. The van der Waals surface area contributed by atoms with Crippen LogP contribution in [0.2, 0.25) is 0 Å². The number of nitrogens with two attached hydrogens (primary N) is 1. The fourth-order valence-corrected chi connectivity index (χ4v) is 1.60. The number of rotatable bonds is 5. The van der Waals surface area contributed by atoms with Gasteiger partial charge in [0.15, 0.2) is 0 Å². The highest BCUT2D eigenvalue weighted by molar-refractivity contribution is 5.67. The van der Waals surface area contributed by atoms with Crippen LogP contribution >= 0.6 is 0 Å². The second-order valence-corrected chi connectivity index (χ2v) is 3.84. The lowest BCUT2D eigenvalue weighted by Crippen LogP contribution is -2.34. The summed E-state index contributed by atoms with van der Waals surface area (Å²) in [5.41, 5.74) is 7.86. The van der Waals surface area contributed by atoms with Gasteiger partial charge in [0.25, 0.3) is 0 Å². The molecule has 3 nitrogen and oxygen atoms in total. The molecule has 0 unspecified atom stereocenters. The lowest BCUT2D eigenvalue weighted by Gasteiger charge is -2.29. The average molecular weight is 208 g/mol. The molecule has 0 bridgehead atoms. The second-order valence-electron chi connectivity index (χ2n) is 3.84. The number of para-hydroxylation sites is 2. The van der Waals surface area contributed by atoms with Gasteiger partial charge in [-0.1, -0.05) is 12.1 Å². The zero-order valence-electron chi connectivity index (χ0n) is 9.73. The van der Waals surface area contributed by atoms with Gasteiger partial charge >= 0.3 is 0 Å². The minimum atomic E-state index is 0.421. The summed E-state index contributed by atoms with van der Waals surface area (Å²) in [5.74, 6) is 0. The summed E-state index contributed by atoms with van der Waals surface area (Å²) in [7, 11) is 1.72. The van der Waals surface area contributed by atoms with E-state index in [9.17, 15) is 0 Å². The van der Waals surface area contributed by atoms with E-state index in [-0.39, 0.29) is 0 Å². The van der Waals surface area contributed by atoms with Gasteiger partial charge in [0.2, 0.25) is 0 Å². The fraction of sp³-hybridized carbons (Fsp3) is 0.500. The van der Waals surface area contributed by atoms with Gasteiger partial charge in [-0.05, 0) is 26.0 Å². The molecule has 0 heterocycles. The molecule has 1 aromatic rings. The molecule has 0 saturated heterocycles. The van der Waals surface area contributed by atoms with Crippen LogP contribution in [0.15, 0.2) is 24.3 Å². The van der Waals surface area contributed by atoms with Crippen molar-refractivity contribution >= 4 is 11.4 Å². The maximum absolute atomic E-state index is 5.95. The molecule has 0 aliphatic rings. The third kappa shape index (κ3) is 3.13. The van der Waals surface area contributed by atoms with Crippen LogP contribution in [0.25, 0.3) is 0 Å². The molecule has 3 heteroatoms. The molecule has 1 rings (SSSR count). The number of anilines is 2. The van der Waals surface area contributed by atoms with Crippen molar-refractivity contribution in [3.05, 3.63) is 24.3 Å². The first-order valence-electron chi connectivity index (χ1n) is 5.27. The van der Waals surface area contributed by atoms with Crippen LogP contribution in [0.1, 0.15) is 13.8 Å². The molecule has 0 spiro atoms. The van der Waals surface area contributed by atoms with E-state index in [1.165, 1.54) is 0 Å². The number of hydrogen-bond donors (Lipinski definition) is 1. The van der Waals surface area contributed by atoms with Crippen LogP contribution < -0.4 is 10.6 Å². The second kappa shape index (κ2) is 5.61. The summed E-state index contributed by atoms with van der Waals surface area (Å²) in [5, 5.41) is 0. The number of methoxy groups -OCH3 is 1. The van der Waals surface area contributed by atoms with Crippen LogP contribution in [0, 0.1) is 0 Å². The number of hydrogen-bond acceptors (Lipinski definition) is 3. The van der Waals surface area contributed by atoms with E-state index in [2.05, 4.69) is 18.7 Å². The van der Waals surface area contributed by atoms with Crippen molar-refractivity contribution in [2.75, 3.05) is 30.9 Å². The summed E-state index contributed by atoms with van der Waals surface area (Å²) in [6.45, 7) is 5.89. The van der Waals surface area contributed by atoms with Crippen molar-refractivity contribution in [2.24, 2.45) is 0 Å². The van der Waals surface area contributed by atoms with Crippen molar-refractivity contribution in [1.29, 1.82) is 0 Å². The van der Waals surface area contributed by atoms with Crippen LogP contribution in [0.4, 0.5) is 11.4 Å². The first-order valence-corrected chi connectivity index (χ1v) is 5.27. The molecule has 84 valence electrons. The van der Waals surface area contributed by atoms with E-state index >= 15 is 0 Å². The Labute approximate surface area is 91.8 Å². The SMILES string of the molecule is COCCN(c1ccccc1N)C(C)C. The summed E-state index contributed by atoms with van der Waals surface area (Å²) < 4.78 is 5.10. The topological polar surface area (TPSA) is 38.5 Å². The Bertz CT molecular complexity index is 299. The van der Waals surface area contributed by atoms with Gasteiger partial charge in [0.1, 0.15) is 0 Å². The Kier molecular flexibility index (Phi) is 4.43. The third-order valence-electron chi connectivity index (χ3n) is 2.41. The monoisotopic (exact) mass is 208 g/mol. The van der Waals surface area contributed by atoms with Crippen LogP contribution in [-0.4, -0.2) is 26.3 Å². The summed E-state index contributed by atoms with van der Waals surface area (Å²) in [6, 6.07) is 8.36. The van der Waals surface area contributed by atoms with Gasteiger partial charge in [-0.25, -0.2) is 0 Å². The molecular formula is C12H20N2O. The predicted molar refractivity (Wildman–Crippen MR) is 65.2 cm³/mol. The number of nitrogen functional groups attached to an aromatic ring is 1. The van der Waals surface area contributed by atoms with Gasteiger partial charge in [0.05, 0.1) is 18.0 Å². The molecule has 0 radical (unpaired) electrons. The molecule has 0 fully saturated rings. The average Bonchev–Trinajstić information content (AvgIpc) is 2.20. The molecule has 0 aromatic heterocycles. The molecule has 0 amide bonds. The Balaban J connectivity index is 2.84. The Hall–Kier alpha value is -1.22. The van der Waals surface area contributed by atoms with E-state index < -0.39 is 0 Å². The lowest BCUT2D eigenvalue weighted by molar-refractivity contribution is 0.204. The third-order valence-corrected chi connectivity index (χ3v) is 2.41. The van der Waals surface area contributed by atoms with Gasteiger partial charge < -0.3 is 15.4 Å². The molecular weight excluding hydrogens is 188 g/mol. The quantitative estimate of drug-likeness (QED) is 0.753. The molecule has 2 N–H and O–H groups in total. The standard InChI is InChI=1S/C12H20N2O/c1-10(2)14(8-9-15-3)12-7-5-4-6-11(12)13/h4-7,10H,8-9,13H2,1-3H3. The minimum Gasteiger partial charge on any atom is -0.397 e. The van der Waals surface area contributed by atoms with Crippen molar-refractivity contribution in [3.63, 3.8) is 0 Å². The number of benzene rings is 1.